The zero-order valence-electron chi connectivity index (χ0n) is 16.7. The van der Waals surface area contributed by atoms with Crippen LogP contribution in [0.1, 0.15) is 22.3 Å². The predicted molar refractivity (Wildman–Crippen MR) is 115 cm³/mol. The summed E-state index contributed by atoms with van der Waals surface area (Å²) in [5.41, 5.74) is 3.82. The predicted octanol–water partition coefficient (Wildman–Crippen LogP) is 4.02. The molecule has 150 valence electrons. The summed E-state index contributed by atoms with van der Waals surface area (Å²) in [5, 5.41) is 14.7. The number of aryl methyl sites for hydroxylation is 3. The maximum atomic E-state index is 12.9. The molecule has 4 rings (SSSR count). The van der Waals surface area contributed by atoms with E-state index in [-0.39, 0.29) is 16.3 Å². The van der Waals surface area contributed by atoms with Gasteiger partial charge in [0.05, 0.1) is 16.6 Å². The quantitative estimate of drug-likeness (QED) is 0.540. The van der Waals surface area contributed by atoms with Crippen LogP contribution in [0.25, 0.3) is 16.7 Å². The van der Waals surface area contributed by atoms with Gasteiger partial charge in [0.2, 0.25) is 0 Å². The van der Waals surface area contributed by atoms with Crippen molar-refractivity contribution in [2.24, 2.45) is 0 Å². The molecule has 0 spiro atoms. The van der Waals surface area contributed by atoms with Crippen molar-refractivity contribution in [3.63, 3.8) is 0 Å². The van der Waals surface area contributed by atoms with E-state index in [0.29, 0.717) is 5.82 Å². The number of nitriles is 1. The largest absolute Gasteiger partial charge is 0.263 e. The molecule has 30 heavy (non-hydrogen) atoms. The van der Waals surface area contributed by atoms with Gasteiger partial charge in [0.1, 0.15) is 11.6 Å². The normalized spacial score (nSPS) is 11.4. The van der Waals surface area contributed by atoms with Crippen LogP contribution in [0.3, 0.4) is 0 Å². The average molecular weight is 417 g/mol. The second-order valence-corrected chi connectivity index (χ2v) is 8.80. The Labute approximate surface area is 174 Å². The smallest absolute Gasteiger partial charge is 0.262 e. The molecule has 2 aromatic heterocycles. The van der Waals surface area contributed by atoms with Gasteiger partial charge in [-0.05, 0) is 50.1 Å². The highest BCUT2D eigenvalue weighted by Gasteiger charge is 2.22. The standard InChI is InChI=1S/C22H19N5O2S/c1-14-7-9-18(10-8-14)30(28,29)26-22-17(12-23)13-24-27(22)20-11-16(3)19-6-4-5-15(2)21(19)25-20/h4-11,13,26H,1-3H3. The third-order valence-corrected chi connectivity index (χ3v) is 6.26. The van der Waals surface area contributed by atoms with Gasteiger partial charge in [-0.25, -0.2) is 13.4 Å². The van der Waals surface area contributed by atoms with E-state index in [1.54, 1.807) is 12.1 Å². The fourth-order valence-electron chi connectivity index (χ4n) is 3.26. The summed E-state index contributed by atoms with van der Waals surface area (Å²) in [7, 11) is -3.91. The minimum absolute atomic E-state index is 0.0536. The Morgan fingerprint density at radius 1 is 1.03 bits per heavy atom. The van der Waals surface area contributed by atoms with Crippen LogP contribution in [0.5, 0.6) is 0 Å². The van der Waals surface area contributed by atoms with Crippen LogP contribution in [-0.2, 0) is 10.0 Å². The molecule has 0 aliphatic heterocycles. The van der Waals surface area contributed by atoms with Crippen LogP contribution in [0.4, 0.5) is 5.82 Å². The number of nitrogens with zero attached hydrogens (tertiary/aromatic N) is 4. The molecule has 0 atom stereocenters. The van der Waals surface area contributed by atoms with Crippen LogP contribution in [-0.4, -0.2) is 23.2 Å². The van der Waals surface area contributed by atoms with Crippen LogP contribution in [0, 0.1) is 32.1 Å². The van der Waals surface area contributed by atoms with E-state index in [4.69, 9.17) is 0 Å². The van der Waals surface area contributed by atoms with E-state index in [1.807, 2.05) is 51.1 Å². The Hall–Kier alpha value is -3.70. The summed E-state index contributed by atoms with van der Waals surface area (Å²) in [4.78, 5) is 4.78. The first-order chi connectivity index (χ1) is 14.3. The van der Waals surface area contributed by atoms with E-state index >= 15 is 0 Å². The molecule has 0 amide bonds. The Bertz CT molecular complexity index is 1410. The van der Waals surface area contributed by atoms with Gasteiger partial charge in [-0.2, -0.15) is 15.0 Å². The molecule has 0 saturated heterocycles. The summed E-state index contributed by atoms with van der Waals surface area (Å²) in [5.74, 6) is 0.482. The highest BCUT2D eigenvalue weighted by Crippen LogP contribution is 2.26. The number of rotatable bonds is 4. The number of hydrogen-bond donors (Lipinski definition) is 1. The molecule has 0 saturated carbocycles. The molecule has 4 aromatic rings. The molecule has 1 N–H and O–H groups in total. The number of sulfonamides is 1. The number of pyridine rings is 1. The van der Waals surface area contributed by atoms with Gasteiger partial charge >= 0.3 is 0 Å². The van der Waals surface area contributed by atoms with Crippen molar-refractivity contribution in [3.05, 3.63) is 77.0 Å². The molecule has 7 nitrogen and oxygen atoms in total. The van der Waals surface area contributed by atoms with Gasteiger partial charge in [0, 0.05) is 5.39 Å². The fraction of sp³-hybridized carbons (Fsp3) is 0.136. The SMILES string of the molecule is Cc1ccc(S(=O)(=O)Nc2c(C#N)cnn2-c2cc(C)c3cccc(C)c3n2)cc1. The van der Waals surface area contributed by atoms with E-state index in [0.717, 1.165) is 27.6 Å². The maximum absolute atomic E-state index is 12.9. The molecule has 0 radical (unpaired) electrons. The second kappa shape index (κ2) is 7.28. The number of benzene rings is 2. The van der Waals surface area contributed by atoms with Crippen LogP contribution >= 0.6 is 0 Å². The average Bonchev–Trinajstić information content (AvgIpc) is 3.11. The van der Waals surface area contributed by atoms with E-state index in [9.17, 15) is 13.7 Å². The van der Waals surface area contributed by atoms with Crippen molar-refractivity contribution in [2.45, 2.75) is 25.7 Å². The number of hydrogen-bond acceptors (Lipinski definition) is 5. The van der Waals surface area contributed by atoms with Gasteiger partial charge in [-0.15, -0.1) is 0 Å². The Kier molecular flexibility index (Phi) is 4.76. The van der Waals surface area contributed by atoms with Crippen LogP contribution in [0.2, 0.25) is 0 Å². The lowest BCUT2D eigenvalue weighted by Gasteiger charge is -2.13. The van der Waals surface area contributed by atoms with Gasteiger partial charge in [0.15, 0.2) is 11.6 Å². The molecule has 0 bridgehead atoms. The number of anilines is 1. The van der Waals surface area contributed by atoms with Crippen LogP contribution < -0.4 is 4.72 Å². The summed E-state index contributed by atoms with van der Waals surface area (Å²) >= 11 is 0. The summed E-state index contributed by atoms with van der Waals surface area (Å²) in [6.07, 6.45) is 1.33. The van der Waals surface area contributed by atoms with E-state index < -0.39 is 10.0 Å². The van der Waals surface area contributed by atoms with Crippen molar-refractivity contribution in [2.75, 3.05) is 4.72 Å². The lowest BCUT2D eigenvalue weighted by atomic mass is 10.1. The van der Waals surface area contributed by atoms with Gasteiger partial charge < -0.3 is 0 Å². The molecule has 0 fully saturated rings. The second-order valence-electron chi connectivity index (χ2n) is 7.12. The van der Waals surface area contributed by atoms with Gasteiger partial charge in [-0.1, -0.05) is 35.9 Å². The molecule has 0 unspecified atom stereocenters. The topological polar surface area (TPSA) is 101 Å². The maximum Gasteiger partial charge on any atom is 0.263 e. The number of nitrogens with one attached hydrogen (secondary N) is 1. The zero-order chi connectivity index (χ0) is 21.5. The van der Waals surface area contributed by atoms with Crippen molar-refractivity contribution < 1.29 is 8.42 Å². The lowest BCUT2D eigenvalue weighted by Crippen LogP contribution is -2.17. The first-order valence-corrected chi connectivity index (χ1v) is 10.7. The number of aromatic nitrogens is 3. The lowest BCUT2D eigenvalue weighted by molar-refractivity contribution is 0.600. The number of fused-ring (bicyclic) bond motifs is 1. The van der Waals surface area contributed by atoms with Crippen molar-refractivity contribution in [1.82, 2.24) is 14.8 Å². The van der Waals surface area contributed by atoms with E-state index in [1.165, 1.54) is 23.0 Å². The van der Waals surface area contributed by atoms with Gasteiger partial charge in [-0.3, -0.25) is 4.72 Å². The first-order valence-electron chi connectivity index (χ1n) is 9.25. The highest BCUT2D eigenvalue weighted by atomic mass is 32.2. The molecule has 2 aromatic carbocycles. The summed E-state index contributed by atoms with van der Waals surface area (Å²) < 4.78 is 29.7. The molecule has 0 aliphatic rings. The van der Waals surface area contributed by atoms with Crippen molar-refractivity contribution in [3.8, 4) is 11.9 Å². The third kappa shape index (κ3) is 3.40. The Morgan fingerprint density at radius 3 is 2.47 bits per heavy atom. The molecule has 8 heteroatoms. The third-order valence-electron chi connectivity index (χ3n) is 4.90. The Balaban J connectivity index is 1.86. The van der Waals surface area contributed by atoms with Crippen molar-refractivity contribution >= 4 is 26.7 Å². The van der Waals surface area contributed by atoms with Crippen molar-refractivity contribution in [1.29, 1.82) is 5.26 Å². The summed E-state index contributed by atoms with van der Waals surface area (Å²) in [6.45, 7) is 5.80. The van der Waals surface area contributed by atoms with Crippen LogP contribution in [0.15, 0.2) is 59.6 Å². The molecular formula is C22H19N5O2S. The fourth-order valence-corrected chi connectivity index (χ4v) is 4.32. The minimum atomic E-state index is -3.91. The monoisotopic (exact) mass is 417 g/mol. The molecule has 0 aliphatic carbocycles. The zero-order valence-corrected chi connectivity index (χ0v) is 17.5. The highest BCUT2D eigenvalue weighted by molar-refractivity contribution is 7.92. The minimum Gasteiger partial charge on any atom is -0.262 e. The Morgan fingerprint density at radius 2 is 1.77 bits per heavy atom. The molecular weight excluding hydrogens is 398 g/mol. The van der Waals surface area contributed by atoms with E-state index in [2.05, 4.69) is 14.8 Å². The number of para-hydroxylation sites is 1. The molecule has 2 heterocycles. The first kappa shape index (κ1) is 19.6. The summed E-state index contributed by atoms with van der Waals surface area (Å²) in [6, 6.07) is 16.2. The van der Waals surface area contributed by atoms with Gasteiger partial charge in [0.25, 0.3) is 10.0 Å².